The van der Waals surface area contributed by atoms with Gasteiger partial charge in [0.15, 0.2) is 11.8 Å². The van der Waals surface area contributed by atoms with Gasteiger partial charge in [-0.25, -0.2) is 0 Å². The fraction of sp³-hybridized carbons (Fsp3) is 0.333. The Balaban J connectivity index is 1.94. The van der Waals surface area contributed by atoms with Gasteiger partial charge in [-0.3, -0.25) is 9.59 Å². The summed E-state index contributed by atoms with van der Waals surface area (Å²) < 4.78 is 0. The molecule has 4 heteroatoms. The maximum Gasteiger partial charge on any atom is 0.282 e. The zero-order valence-corrected chi connectivity index (χ0v) is 15.4. The molecule has 0 aromatic heterocycles. The Kier molecular flexibility index (Phi) is 6.48. The van der Waals surface area contributed by atoms with Crippen LogP contribution >= 0.6 is 0 Å². The average molecular weight is 339 g/mol. The van der Waals surface area contributed by atoms with Crippen LogP contribution in [0.4, 0.5) is 5.69 Å². The molecule has 1 amide bonds. The van der Waals surface area contributed by atoms with Crippen LogP contribution in [0.25, 0.3) is 0 Å². The predicted molar refractivity (Wildman–Crippen MR) is 101 cm³/mol. The van der Waals surface area contributed by atoms with Crippen molar-refractivity contribution in [3.63, 3.8) is 0 Å². The van der Waals surface area contributed by atoms with E-state index < -0.39 is 0 Å². The van der Waals surface area contributed by atoms with Gasteiger partial charge in [0.25, 0.3) is 5.91 Å². The van der Waals surface area contributed by atoms with Crippen LogP contribution < -0.4 is 10.2 Å². The Morgan fingerprint density at radius 1 is 1.00 bits per heavy atom. The standard InChI is InChI=1S/C21H26N2O2/c1-5-17-6-8-18(9-7-17)14-23(4)15(2)21(25)22-20-12-10-19(11-13-20)16(3)24/h6-13,15H,5,14H2,1-4H3,(H,22,25)/p+1/t15-/m0/s1. The van der Waals surface area contributed by atoms with E-state index in [0.29, 0.717) is 11.3 Å². The largest absolute Gasteiger partial charge is 0.324 e. The Bertz CT molecular complexity index is 721. The number of hydrogen-bond donors (Lipinski definition) is 2. The van der Waals surface area contributed by atoms with E-state index in [2.05, 4.69) is 36.5 Å². The van der Waals surface area contributed by atoms with Crippen molar-refractivity contribution >= 4 is 17.4 Å². The maximum atomic E-state index is 12.5. The van der Waals surface area contributed by atoms with Crippen molar-refractivity contribution in [2.24, 2.45) is 0 Å². The summed E-state index contributed by atoms with van der Waals surface area (Å²) >= 11 is 0. The lowest BCUT2D eigenvalue weighted by Gasteiger charge is -2.21. The number of carbonyl (C=O) groups excluding carboxylic acids is 2. The highest BCUT2D eigenvalue weighted by Crippen LogP contribution is 2.10. The number of nitrogens with one attached hydrogen (secondary N) is 2. The number of anilines is 1. The molecule has 0 saturated heterocycles. The summed E-state index contributed by atoms with van der Waals surface area (Å²) in [7, 11) is 2.02. The molecule has 132 valence electrons. The van der Waals surface area contributed by atoms with Crippen molar-refractivity contribution in [1.82, 2.24) is 0 Å². The SMILES string of the molecule is CCc1ccc(C[NH+](C)[C@@H](C)C(=O)Nc2ccc(C(C)=O)cc2)cc1. The van der Waals surface area contributed by atoms with E-state index >= 15 is 0 Å². The number of ketones is 1. The van der Waals surface area contributed by atoms with Gasteiger partial charge in [0.05, 0.1) is 7.05 Å². The van der Waals surface area contributed by atoms with Crippen molar-refractivity contribution in [3.8, 4) is 0 Å². The van der Waals surface area contributed by atoms with Crippen molar-refractivity contribution in [3.05, 3.63) is 65.2 Å². The molecule has 0 radical (unpaired) electrons. The Labute approximate surface area is 149 Å². The Hall–Kier alpha value is -2.46. The second kappa shape index (κ2) is 8.58. The minimum absolute atomic E-state index is 0.0181. The van der Waals surface area contributed by atoms with E-state index in [1.165, 1.54) is 18.1 Å². The van der Waals surface area contributed by atoms with Crippen molar-refractivity contribution in [2.75, 3.05) is 12.4 Å². The first kappa shape index (κ1) is 18.9. The number of amides is 1. The van der Waals surface area contributed by atoms with Gasteiger partial charge in [-0.1, -0.05) is 31.2 Å². The number of carbonyl (C=O) groups is 2. The third-order valence-electron chi connectivity index (χ3n) is 4.61. The van der Waals surface area contributed by atoms with E-state index in [-0.39, 0.29) is 17.7 Å². The van der Waals surface area contributed by atoms with Crippen molar-refractivity contribution < 1.29 is 14.5 Å². The molecular formula is C21H27N2O2+. The number of aryl methyl sites for hydroxylation is 1. The highest BCUT2D eigenvalue weighted by Gasteiger charge is 2.22. The first-order chi connectivity index (χ1) is 11.9. The third kappa shape index (κ3) is 5.26. The summed E-state index contributed by atoms with van der Waals surface area (Å²) in [6, 6.07) is 15.4. The van der Waals surface area contributed by atoms with Gasteiger partial charge in [0.1, 0.15) is 6.54 Å². The van der Waals surface area contributed by atoms with E-state index in [4.69, 9.17) is 0 Å². The van der Waals surface area contributed by atoms with Crippen LogP contribution in [0.5, 0.6) is 0 Å². The molecule has 0 fully saturated rings. The molecule has 2 N–H and O–H groups in total. The fourth-order valence-electron chi connectivity index (χ4n) is 2.63. The molecule has 1 unspecified atom stereocenters. The second-order valence-corrected chi connectivity index (χ2v) is 6.54. The first-order valence-electron chi connectivity index (χ1n) is 8.72. The van der Waals surface area contributed by atoms with Gasteiger partial charge in [-0.15, -0.1) is 0 Å². The average Bonchev–Trinajstić information content (AvgIpc) is 2.62. The molecule has 2 aromatic carbocycles. The lowest BCUT2D eigenvalue weighted by molar-refractivity contribution is -0.907. The summed E-state index contributed by atoms with van der Waals surface area (Å²) in [6.45, 7) is 6.39. The van der Waals surface area contributed by atoms with Gasteiger partial charge in [0, 0.05) is 16.8 Å². The van der Waals surface area contributed by atoms with Gasteiger partial charge >= 0.3 is 0 Å². The second-order valence-electron chi connectivity index (χ2n) is 6.54. The van der Waals surface area contributed by atoms with Crippen LogP contribution in [0.15, 0.2) is 48.5 Å². The summed E-state index contributed by atoms with van der Waals surface area (Å²) in [5.74, 6) is -0.0113. The quantitative estimate of drug-likeness (QED) is 0.762. The van der Waals surface area contributed by atoms with Crippen LogP contribution in [-0.2, 0) is 17.8 Å². The van der Waals surface area contributed by atoms with Crippen LogP contribution in [0, 0.1) is 0 Å². The molecule has 0 saturated carbocycles. The molecule has 0 aliphatic heterocycles. The summed E-state index contributed by atoms with van der Waals surface area (Å²) in [5, 5.41) is 2.92. The van der Waals surface area contributed by atoms with Crippen molar-refractivity contribution in [2.45, 2.75) is 39.8 Å². The molecule has 2 rings (SSSR count). The summed E-state index contributed by atoms with van der Waals surface area (Å²) in [6.07, 6.45) is 1.03. The van der Waals surface area contributed by atoms with E-state index in [1.807, 2.05) is 14.0 Å². The predicted octanol–water partition coefficient (Wildman–Crippen LogP) is 2.49. The smallest absolute Gasteiger partial charge is 0.282 e. The lowest BCUT2D eigenvalue weighted by Crippen LogP contribution is -3.12. The van der Waals surface area contributed by atoms with Crippen molar-refractivity contribution in [1.29, 1.82) is 0 Å². The normalized spacial score (nSPS) is 13.1. The van der Waals surface area contributed by atoms with Crippen LogP contribution in [0.2, 0.25) is 0 Å². The molecule has 2 aromatic rings. The van der Waals surface area contributed by atoms with E-state index in [1.54, 1.807) is 24.3 Å². The number of hydrogen-bond acceptors (Lipinski definition) is 2. The maximum absolute atomic E-state index is 12.5. The monoisotopic (exact) mass is 339 g/mol. The summed E-state index contributed by atoms with van der Waals surface area (Å²) in [4.78, 5) is 24.9. The lowest BCUT2D eigenvalue weighted by atomic mass is 10.1. The molecule has 0 bridgehead atoms. The number of quaternary nitrogens is 1. The molecular weight excluding hydrogens is 312 g/mol. The van der Waals surface area contributed by atoms with Crippen LogP contribution in [0.1, 0.15) is 42.3 Å². The topological polar surface area (TPSA) is 50.6 Å². The van der Waals surface area contributed by atoms with Gasteiger partial charge in [0.2, 0.25) is 0 Å². The minimum atomic E-state index is -0.182. The molecule has 25 heavy (non-hydrogen) atoms. The first-order valence-corrected chi connectivity index (χ1v) is 8.72. The van der Waals surface area contributed by atoms with Gasteiger partial charge in [-0.2, -0.15) is 0 Å². The van der Waals surface area contributed by atoms with Crippen LogP contribution in [0.3, 0.4) is 0 Å². The Morgan fingerprint density at radius 2 is 1.56 bits per heavy atom. The number of benzene rings is 2. The molecule has 4 nitrogen and oxygen atoms in total. The van der Waals surface area contributed by atoms with E-state index in [9.17, 15) is 9.59 Å². The van der Waals surface area contributed by atoms with E-state index in [0.717, 1.165) is 17.9 Å². The van der Waals surface area contributed by atoms with Gasteiger partial charge in [-0.05, 0) is 50.1 Å². The number of Topliss-reactive ketones (excluding diaryl/α,β-unsaturated/α-hetero) is 1. The number of rotatable bonds is 7. The highest BCUT2D eigenvalue weighted by molar-refractivity contribution is 5.96. The molecule has 0 heterocycles. The Morgan fingerprint density at radius 3 is 2.08 bits per heavy atom. The molecule has 0 spiro atoms. The molecule has 0 aliphatic rings. The molecule has 0 aliphatic carbocycles. The van der Waals surface area contributed by atoms with Gasteiger partial charge < -0.3 is 10.2 Å². The fourth-order valence-corrected chi connectivity index (χ4v) is 2.63. The number of likely N-dealkylation sites (N-methyl/N-ethyl adjacent to an activating group) is 1. The highest BCUT2D eigenvalue weighted by atomic mass is 16.2. The molecule has 2 atom stereocenters. The summed E-state index contributed by atoms with van der Waals surface area (Å²) in [5.41, 5.74) is 3.90. The minimum Gasteiger partial charge on any atom is -0.324 e. The zero-order valence-electron chi connectivity index (χ0n) is 15.4. The third-order valence-corrected chi connectivity index (χ3v) is 4.61. The van der Waals surface area contributed by atoms with Crippen LogP contribution in [-0.4, -0.2) is 24.8 Å². The zero-order chi connectivity index (χ0) is 18.4.